The van der Waals surface area contributed by atoms with Crippen LogP contribution in [0.1, 0.15) is 5.69 Å². The number of rotatable bonds is 1. The average molecular weight is 309 g/mol. The second-order valence-corrected chi connectivity index (χ2v) is 4.55. The Hall–Kier alpha value is -1.89. The average Bonchev–Trinajstić information content (AvgIpc) is 2.64. The Morgan fingerprint density at radius 1 is 1.33 bits per heavy atom. The van der Waals surface area contributed by atoms with E-state index in [0.717, 1.165) is 5.69 Å². The van der Waals surface area contributed by atoms with E-state index in [9.17, 15) is 5.11 Å². The third-order valence-electron chi connectivity index (χ3n) is 2.73. The molecule has 0 atom stereocenters. The van der Waals surface area contributed by atoms with Gasteiger partial charge in [0.05, 0.1) is 18.3 Å². The van der Waals surface area contributed by atoms with Crippen LogP contribution in [-0.2, 0) is 0 Å². The van der Waals surface area contributed by atoms with E-state index in [-0.39, 0.29) is 5.75 Å². The van der Waals surface area contributed by atoms with Gasteiger partial charge in [-0.2, -0.15) is 0 Å². The van der Waals surface area contributed by atoms with Gasteiger partial charge < -0.3 is 9.84 Å². The highest BCUT2D eigenvalue weighted by Crippen LogP contribution is 2.30. The van der Waals surface area contributed by atoms with Gasteiger partial charge in [0.1, 0.15) is 5.75 Å². The number of hydrogen-bond donors (Lipinski definition) is 1. The van der Waals surface area contributed by atoms with Crippen molar-refractivity contribution in [3.05, 3.63) is 22.6 Å². The molecule has 0 amide bonds. The largest absolute Gasteiger partial charge is 0.508 e. The van der Waals surface area contributed by atoms with Crippen molar-refractivity contribution in [2.24, 2.45) is 0 Å². The maximum atomic E-state index is 9.72. The lowest BCUT2D eigenvalue weighted by Gasteiger charge is -2.07. The van der Waals surface area contributed by atoms with Crippen molar-refractivity contribution in [3.8, 4) is 11.5 Å². The summed E-state index contributed by atoms with van der Waals surface area (Å²) in [6.07, 6.45) is 0. The summed E-state index contributed by atoms with van der Waals surface area (Å²) in [5, 5.41) is 18.0. The van der Waals surface area contributed by atoms with E-state index in [4.69, 9.17) is 4.74 Å². The molecule has 0 unspecified atom stereocenters. The van der Waals surface area contributed by atoms with Crippen LogP contribution < -0.4 is 4.74 Å². The Labute approximate surface area is 110 Å². The predicted octanol–water partition coefficient (Wildman–Crippen LogP) is 2.06. The van der Waals surface area contributed by atoms with Gasteiger partial charge in [-0.25, -0.2) is 4.98 Å². The number of fused-ring (bicyclic) bond motifs is 3. The van der Waals surface area contributed by atoms with Crippen molar-refractivity contribution in [2.45, 2.75) is 6.92 Å². The fraction of sp³-hybridized carbons (Fsp3) is 0.182. The Morgan fingerprint density at radius 3 is 2.83 bits per heavy atom. The van der Waals surface area contributed by atoms with Crippen LogP contribution in [0.15, 0.2) is 16.9 Å². The summed E-state index contributed by atoms with van der Waals surface area (Å²) in [6, 6.07) is 3.10. The minimum Gasteiger partial charge on any atom is -0.508 e. The highest BCUT2D eigenvalue weighted by Gasteiger charge is 2.14. The smallest absolute Gasteiger partial charge is 0.183 e. The molecule has 1 aromatic carbocycles. The van der Waals surface area contributed by atoms with Crippen molar-refractivity contribution in [2.75, 3.05) is 7.11 Å². The molecule has 0 bridgehead atoms. The minimum absolute atomic E-state index is 0.104. The topological polar surface area (TPSA) is 72.5 Å². The molecule has 18 heavy (non-hydrogen) atoms. The number of benzene rings is 1. The number of nitrogens with zero attached hydrogens (tertiary/aromatic N) is 4. The summed E-state index contributed by atoms with van der Waals surface area (Å²) >= 11 is 3.37. The number of phenols is 1. The third-order valence-corrected chi connectivity index (χ3v) is 3.26. The third kappa shape index (κ3) is 1.43. The first-order valence-corrected chi connectivity index (χ1v) is 5.99. The van der Waals surface area contributed by atoms with Gasteiger partial charge in [-0.05, 0) is 22.9 Å². The molecule has 3 rings (SSSR count). The Morgan fingerprint density at radius 2 is 2.11 bits per heavy atom. The first kappa shape index (κ1) is 11.2. The van der Waals surface area contributed by atoms with E-state index < -0.39 is 0 Å². The molecule has 2 heterocycles. The predicted molar refractivity (Wildman–Crippen MR) is 68.9 cm³/mol. The fourth-order valence-corrected chi connectivity index (χ4v) is 2.55. The van der Waals surface area contributed by atoms with E-state index in [1.54, 1.807) is 10.5 Å². The molecule has 92 valence electrons. The molecule has 7 heteroatoms. The van der Waals surface area contributed by atoms with Crippen molar-refractivity contribution < 1.29 is 9.84 Å². The number of hydrogen-bond acceptors (Lipinski definition) is 5. The molecule has 0 fully saturated rings. The molecular weight excluding hydrogens is 300 g/mol. The molecular formula is C11H9BrN4O2. The number of phenolic OH excluding ortho intramolecular Hbond substituents is 1. The van der Waals surface area contributed by atoms with Crippen LogP contribution in [0.2, 0.25) is 0 Å². The first-order valence-electron chi connectivity index (χ1n) is 5.19. The number of imidazole rings is 1. The van der Waals surface area contributed by atoms with Crippen molar-refractivity contribution in [3.63, 3.8) is 0 Å². The summed E-state index contributed by atoms with van der Waals surface area (Å²) in [6.45, 7) is 1.85. The maximum Gasteiger partial charge on any atom is 0.183 e. The van der Waals surface area contributed by atoms with Crippen LogP contribution in [0.25, 0.3) is 16.7 Å². The number of aromatic nitrogens is 4. The van der Waals surface area contributed by atoms with Crippen LogP contribution in [0, 0.1) is 6.92 Å². The number of methoxy groups -OCH3 is 1. The summed E-state index contributed by atoms with van der Waals surface area (Å²) in [4.78, 5) is 4.28. The molecule has 0 aliphatic heterocycles. The summed E-state index contributed by atoms with van der Waals surface area (Å²) in [5.41, 5.74) is 2.66. The highest BCUT2D eigenvalue weighted by atomic mass is 79.9. The van der Waals surface area contributed by atoms with Gasteiger partial charge in [-0.1, -0.05) is 0 Å². The summed E-state index contributed by atoms with van der Waals surface area (Å²) < 4.78 is 7.58. The van der Waals surface area contributed by atoms with Crippen LogP contribution in [0.3, 0.4) is 0 Å². The maximum absolute atomic E-state index is 9.72. The molecule has 0 radical (unpaired) electrons. The molecule has 0 saturated heterocycles. The fourth-order valence-electron chi connectivity index (χ4n) is 1.92. The number of ether oxygens (including phenoxy) is 1. The van der Waals surface area contributed by atoms with Crippen molar-refractivity contribution in [1.82, 2.24) is 19.6 Å². The molecule has 6 nitrogen and oxygen atoms in total. The molecule has 0 aliphatic carbocycles. The minimum atomic E-state index is 0.104. The van der Waals surface area contributed by atoms with Gasteiger partial charge in [-0.3, -0.25) is 4.40 Å². The highest BCUT2D eigenvalue weighted by molar-refractivity contribution is 9.10. The number of halogens is 1. The van der Waals surface area contributed by atoms with Crippen LogP contribution in [0.4, 0.5) is 0 Å². The van der Waals surface area contributed by atoms with Gasteiger partial charge in [0.25, 0.3) is 0 Å². The van der Waals surface area contributed by atoms with Crippen LogP contribution in [-0.4, -0.2) is 31.8 Å². The number of aromatic hydroxyl groups is 1. The van der Waals surface area contributed by atoms with Crippen LogP contribution >= 0.6 is 15.9 Å². The molecule has 2 aromatic heterocycles. The molecule has 0 saturated carbocycles. The zero-order chi connectivity index (χ0) is 12.9. The monoisotopic (exact) mass is 308 g/mol. The Balaban J connectivity index is 2.58. The van der Waals surface area contributed by atoms with Gasteiger partial charge in [0.2, 0.25) is 0 Å². The summed E-state index contributed by atoms with van der Waals surface area (Å²) in [5.74, 6) is 0.574. The Bertz CT molecular complexity index is 769. The quantitative estimate of drug-likeness (QED) is 0.745. The van der Waals surface area contributed by atoms with Gasteiger partial charge in [0.15, 0.2) is 21.6 Å². The lowest BCUT2D eigenvalue weighted by molar-refractivity contribution is 0.411. The number of aryl methyl sites for hydroxylation is 1. The zero-order valence-electron chi connectivity index (χ0n) is 9.68. The van der Waals surface area contributed by atoms with Gasteiger partial charge in [-0.15, -0.1) is 10.2 Å². The normalized spacial score (nSPS) is 11.3. The van der Waals surface area contributed by atoms with Crippen LogP contribution in [0.5, 0.6) is 11.5 Å². The van der Waals surface area contributed by atoms with E-state index >= 15 is 0 Å². The second-order valence-electron chi connectivity index (χ2n) is 3.84. The summed E-state index contributed by atoms with van der Waals surface area (Å²) in [7, 11) is 1.52. The Kier molecular flexibility index (Phi) is 2.37. The van der Waals surface area contributed by atoms with E-state index in [0.29, 0.717) is 27.2 Å². The lowest BCUT2D eigenvalue weighted by atomic mass is 10.2. The molecule has 1 N–H and O–H groups in total. The van der Waals surface area contributed by atoms with E-state index in [1.165, 1.54) is 13.2 Å². The second kappa shape index (κ2) is 3.81. The standard InChI is InChI=1S/C11H9BrN4O2/c1-5-10-15-14-9-7(16(10)11(12)13-5)3-6(17)4-8(9)18-2/h3-4,17H,1-2H3. The lowest BCUT2D eigenvalue weighted by Crippen LogP contribution is -1.97. The molecule has 0 aliphatic rings. The van der Waals surface area contributed by atoms with Gasteiger partial charge in [0, 0.05) is 12.1 Å². The van der Waals surface area contributed by atoms with E-state index in [1.807, 2.05) is 6.92 Å². The van der Waals surface area contributed by atoms with E-state index in [2.05, 4.69) is 31.1 Å². The molecule has 0 spiro atoms. The SMILES string of the molecule is COc1cc(O)cc2c1nnc1c(C)nc(Br)n12. The molecule has 3 aromatic rings. The van der Waals surface area contributed by atoms with Gasteiger partial charge >= 0.3 is 0 Å². The first-order chi connectivity index (χ1) is 8.61. The van der Waals surface area contributed by atoms with Crippen molar-refractivity contribution in [1.29, 1.82) is 0 Å². The zero-order valence-corrected chi connectivity index (χ0v) is 11.3. The van der Waals surface area contributed by atoms with Crippen molar-refractivity contribution >= 4 is 32.6 Å².